The van der Waals surface area contributed by atoms with Gasteiger partial charge in [-0.1, -0.05) is 46.5 Å². The third-order valence-electron chi connectivity index (χ3n) is 11.1. The number of amides is 4. The minimum absolute atomic E-state index is 0.0585. The van der Waals surface area contributed by atoms with Crippen LogP contribution in [0.3, 0.4) is 0 Å². The number of ether oxygens (including phenoxy) is 7. The number of aliphatic hydroxyl groups is 2. The SMILES string of the molecule is CC[C@@H](O)COc1cc2cc(c1OCOCC[Si](C)(C)C)-c1cc(ccc1OC[C@H](O)CNC(=O)OC(C)(C)C)C[C@@H](C(=O)OC)NC(=O)[C@H](C)CC(=O)[C@H]2N(C)C(=O)[C@@H](C)CCNC(=O)OC(C)(C)C. The fraction of sp³-hybridized carbons (Fsp3) is 0.647. The summed E-state index contributed by atoms with van der Waals surface area (Å²) in [6, 6.07) is 6.49. The van der Waals surface area contributed by atoms with Gasteiger partial charge in [-0.3, -0.25) is 14.4 Å². The number of fused-ring (bicyclic) bond motifs is 5. The van der Waals surface area contributed by atoms with E-state index in [0.29, 0.717) is 24.2 Å². The Hall–Kier alpha value is -5.44. The fourth-order valence-electron chi connectivity index (χ4n) is 7.20. The molecule has 19 nitrogen and oxygen atoms in total. The van der Waals surface area contributed by atoms with Crippen molar-refractivity contribution >= 4 is 43.8 Å². The molecule has 1 aliphatic rings. The molecule has 5 N–H and O–H groups in total. The zero-order chi connectivity index (χ0) is 53.4. The second kappa shape index (κ2) is 26.8. The molecule has 0 saturated heterocycles. The number of ketones is 1. The van der Waals surface area contributed by atoms with E-state index in [2.05, 4.69) is 35.6 Å². The number of aliphatic hydroxyl groups excluding tert-OH is 2. The molecule has 2 aromatic carbocycles. The number of Topliss-reactive ketones (excluding diaryl/α,β-unsaturated/α-hetero) is 1. The van der Waals surface area contributed by atoms with E-state index in [1.165, 1.54) is 19.1 Å². The average molecular weight is 1020 g/mol. The topological polar surface area (TPSA) is 247 Å². The van der Waals surface area contributed by atoms with Crippen molar-refractivity contribution in [2.75, 3.05) is 53.9 Å². The van der Waals surface area contributed by atoms with Crippen molar-refractivity contribution in [2.24, 2.45) is 11.8 Å². The van der Waals surface area contributed by atoms with E-state index in [-0.39, 0.29) is 80.7 Å². The molecule has 0 aliphatic carbocycles. The number of likely N-dealkylation sites (N-methyl/N-ethyl adjacent to an activating group) is 1. The maximum atomic E-state index is 14.9. The first-order chi connectivity index (χ1) is 33.0. The van der Waals surface area contributed by atoms with Crippen molar-refractivity contribution in [3.63, 3.8) is 0 Å². The quantitative estimate of drug-likeness (QED) is 0.0302. The largest absolute Gasteiger partial charge is 0.490 e. The minimum atomic E-state index is -1.51. The fourth-order valence-corrected chi connectivity index (χ4v) is 7.96. The van der Waals surface area contributed by atoms with Gasteiger partial charge in [0.15, 0.2) is 24.1 Å². The van der Waals surface area contributed by atoms with Crippen LogP contribution in [-0.4, -0.2) is 142 Å². The van der Waals surface area contributed by atoms with Crippen LogP contribution in [0.15, 0.2) is 30.3 Å². The van der Waals surface area contributed by atoms with E-state index in [1.807, 2.05) is 0 Å². The number of hydrogen-bond acceptors (Lipinski definition) is 15. The van der Waals surface area contributed by atoms with Crippen molar-refractivity contribution in [3.05, 3.63) is 41.5 Å². The number of esters is 1. The molecule has 0 radical (unpaired) electrons. The van der Waals surface area contributed by atoms with Gasteiger partial charge in [0.05, 0.1) is 19.8 Å². The maximum Gasteiger partial charge on any atom is 0.407 e. The zero-order valence-electron chi connectivity index (χ0n) is 44.3. The lowest BCUT2D eigenvalue weighted by Gasteiger charge is -2.32. The summed E-state index contributed by atoms with van der Waals surface area (Å²) in [5.41, 5.74) is -0.128. The zero-order valence-corrected chi connectivity index (χ0v) is 45.3. The number of methoxy groups -OCH3 is 1. The first kappa shape index (κ1) is 59.9. The van der Waals surface area contributed by atoms with Gasteiger partial charge >= 0.3 is 18.2 Å². The van der Waals surface area contributed by atoms with Crippen LogP contribution in [0.1, 0.15) is 98.7 Å². The summed E-state index contributed by atoms with van der Waals surface area (Å²) in [5, 5.41) is 29.8. The molecule has 2 aromatic rings. The Labute approximate surface area is 420 Å². The lowest BCUT2D eigenvalue weighted by atomic mass is 9.89. The molecule has 71 heavy (non-hydrogen) atoms. The lowest BCUT2D eigenvalue weighted by molar-refractivity contribution is -0.146. The van der Waals surface area contributed by atoms with Crippen molar-refractivity contribution in [3.8, 4) is 28.4 Å². The molecule has 4 amide bonds. The summed E-state index contributed by atoms with van der Waals surface area (Å²) in [6.07, 6.45) is -3.42. The summed E-state index contributed by atoms with van der Waals surface area (Å²) in [6.45, 7) is 21.5. The first-order valence-electron chi connectivity index (χ1n) is 24.3. The predicted molar refractivity (Wildman–Crippen MR) is 269 cm³/mol. The lowest BCUT2D eigenvalue weighted by Crippen LogP contribution is -2.46. The third-order valence-corrected chi connectivity index (χ3v) is 12.8. The van der Waals surface area contributed by atoms with Gasteiger partial charge in [0, 0.05) is 64.1 Å². The van der Waals surface area contributed by atoms with E-state index in [0.717, 1.165) is 6.04 Å². The molecule has 0 unspecified atom stereocenters. The molecule has 398 valence electrons. The van der Waals surface area contributed by atoms with Crippen molar-refractivity contribution in [1.29, 1.82) is 0 Å². The maximum absolute atomic E-state index is 14.9. The molecule has 20 heteroatoms. The molecule has 1 aliphatic heterocycles. The van der Waals surface area contributed by atoms with Gasteiger partial charge in [-0.05, 0) is 95.8 Å². The molecule has 4 bridgehead atoms. The second-order valence-corrected chi connectivity index (χ2v) is 26.9. The summed E-state index contributed by atoms with van der Waals surface area (Å²) >= 11 is 0. The van der Waals surface area contributed by atoms with Crippen LogP contribution in [0.2, 0.25) is 25.7 Å². The Morgan fingerprint density at radius 2 is 1.48 bits per heavy atom. The Morgan fingerprint density at radius 1 is 0.859 bits per heavy atom. The molecule has 0 aromatic heterocycles. The van der Waals surface area contributed by atoms with E-state index in [4.69, 9.17) is 33.2 Å². The molecule has 6 atom stereocenters. The molecule has 0 spiro atoms. The van der Waals surface area contributed by atoms with E-state index in [9.17, 15) is 39.0 Å². The summed E-state index contributed by atoms with van der Waals surface area (Å²) in [5.74, 6) is -3.65. The highest BCUT2D eigenvalue weighted by Crippen LogP contribution is 2.46. The van der Waals surface area contributed by atoms with Gasteiger partial charge in [-0.2, -0.15) is 0 Å². The Morgan fingerprint density at radius 3 is 2.08 bits per heavy atom. The highest BCUT2D eigenvalue weighted by molar-refractivity contribution is 6.76. The van der Waals surface area contributed by atoms with Gasteiger partial charge in [0.25, 0.3) is 0 Å². The Balaban J connectivity index is 2.36. The highest BCUT2D eigenvalue weighted by Gasteiger charge is 2.36. The second-order valence-electron chi connectivity index (χ2n) is 21.3. The number of benzene rings is 2. The van der Waals surface area contributed by atoms with Crippen LogP contribution >= 0.6 is 0 Å². The van der Waals surface area contributed by atoms with Gasteiger partial charge < -0.3 is 64.2 Å². The Kier molecular flexibility index (Phi) is 22.6. The molecular weight excluding hydrogens is 937 g/mol. The van der Waals surface area contributed by atoms with Gasteiger partial charge in [0.1, 0.15) is 48.4 Å². The highest BCUT2D eigenvalue weighted by atomic mass is 28.3. The molecule has 1 heterocycles. The van der Waals surface area contributed by atoms with Crippen LogP contribution in [0, 0.1) is 11.8 Å². The van der Waals surface area contributed by atoms with Crippen molar-refractivity contribution in [2.45, 2.75) is 149 Å². The molecule has 0 saturated carbocycles. The van der Waals surface area contributed by atoms with Crippen molar-refractivity contribution in [1.82, 2.24) is 20.9 Å². The number of hydrogen-bond donors (Lipinski definition) is 5. The van der Waals surface area contributed by atoms with E-state index >= 15 is 0 Å². The minimum Gasteiger partial charge on any atom is -0.490 e. The van der Waals surface area contributed by atoms with Crippen LogP contribution in [0.4, 0.5) is 9.59 Å². The standard InChI is InChI=1S/C51H80N4O15Si/c1-15-35(56)28-67-42-26-34-25-38(44(42)68-30-65-20-21-71(12,13)14)37-23-33(16-17-41(37)66-29-36(57)27-53-49(63)70-51(7,8)9)24-39(47(61)64-11)54-45(59)32(3)22-40(58)43(34)55(10)46(60)31(2)18-19-52-48(62)69-50(4,5)6/h16-17,23,25-26,31-32,35-36,39,43,56-57H,15,18-22,24,27-30H2,1-14H3,(H,52,62)(H,53,63)(H,54,59)/t31-,32+,35+,36+,39-,43-/m0/s1. The monoisotopic (exact) mass is 1020 g/mol. The van der Waals surface area contributed by atoms with Gasteiger partial charge in [0.2, 0.25) is 11.8 Å². The third kappa shape index (κ3) is 20.3. The average Bonchev–Trinajstić information content (AvgIpc) is 3.26. The molecule has 0 fully saturated rings. The number of nitrogens with one attached hydrogen (secondary N) is 3. The summed E-state index contributed by atoms with van der Waals surface area (Å²) in [7, 11) is 1.16. The van der Waals surface area contributed by atoms with Crippen LogP contribution in [0.5, 0.6) is 17.2 Å². The molecule has 3 rings (SSSR count). The number of carbonyl (C=O) groups excluding carboxylic acids is 6. The van der Waals surface area contributed by atoms with Gasteiger partial charge in [-0.15, -0.1) is 0 Å². The number of nitrogens with zero attached hydrogens (tertiary/aromatic N) is 1. The van der Waals surface area contributed by atoms with Crippen LogP contribution in [0.25, 0.3) is 11.1 Å². The smallest absolute Gasteiger partial charge is 0.407 e. The van der Waals surface area contributed by atoms with Crippen LogP contribution < -0.4 is 30.2 Å². The summed E-state index contributed by atoms with van der Waals surface area (Å²) < 4.78 is 40.9. The van der Waals surface area contributed by atoms with Crippen LogP contribution in [-0.2, 0) is 44.5 Å². The Bertz CT molecular complexity index is 2130. The summed E-state index contributed by atoms with van der Waals surface area (Å²) in [4.78, 5) is 82.7. The first-order valence-corrected chi connectivity index (χ1v) is 28.0. The molecular formula is C51H80N4O15Si. The van der Waals surface area contributed by atoms with E-state index in [1.54, 1.807) is 92.6 Å². The number of alkyl carbamates (subject to hydrolysis) is 2. The number of rotatable bonds is 21. The predicted octanol–water partition coefficient (Wildman–Crippen LogP) is 6.32. The van der Waals surface area contributed by atoms with Gasteiger partial charge in [-0.25, -0.2) is 14.4 Å². The van der Waals surface area contributed by atoms with Crippen molar-refractivity contribution < 1.29 is 72.1 Å². The normalized spacial score (nSPS) is 17.8. The van der Waals surface area contributed by atoms with E-state index < -0.39 is 91.2 Å². The number of carbonyl (C=O) groups is 6.